The highest BCUT2D eigenvalue weighted by atomic mass is 16.5. The Bertz CT molecular complexity index is 242. The molecular formula is C9H14N2O2. The van der Waals surface area contributed by atoms with Crippen molar-refractivity contribution in [3.05, 3.63) is 36.3 Å². The van der Waals surface area contributed by atoms with E-state index in [2.05, 4.69) is 10.1 Å². The first kappa shape index (κ1) is 11.3. The summed E-state index contributed by atoms with van der Waals surface area (Å²) < 4.78 is 4.68. The molecule has 0 atom stereocenters. The first-order valence-corrected chi connectivity index (χ1v) is 3.84. The highest BCUT2D eigenvalue weighted by Crippen LogP contribution is 1.99. The summed E-state index contributed by atoms with van der Waals surface area (Å²) in [6.45, 7) is 1.86. The monoisotopic (exact) mass is 182 g/mol. The molecule has 13 heavy (non-hydrogen) atoms. The van der Waals surface area contributed by atoms with Gasteiger partial charge in [-0.05, 0) is 25.3 Å². The second-order valence-corrected chi connectivity index (χ2v) is 2.14. The molecule has 0 aromatic rings. The molecule has 4 nitrogen and oxygen atoms in total. The SMILES string of the molecule is C/C=C/C=C(\C=C/NC)OC(N)=O. The number of carbonyl (C=O) groups excluding carboxylic acids is 1. The molecule has 0 aliphatic rings. The Hall–Kier alpha value is -1.71. The number of ether oxygens (including phenoxy) is 1. The van der Waals surface area contributed by atoms with Crippen LogP contribution in [-0.4, -0.2) is 13.1 Å². The molecule has 0 heterocycles. The van der Waals surface area contributed by atoms with Crippen LogP contribution in [0.1, 0.15) is 6.92 Å². The van der Waals surface area contributed by atoms with Gasteiger partial charge in [0.25, 0.3) is 0 Å². The van der Waals surface area contributed by atoms with Crippen LogP contribution in [0.3, 0.4) is 0 Å². The van der Waals surface area contributed by atoms with E-state index in [0.29, 0.717) is 5.76 Å². The van der Waals surface area contributed by atoms with Gasteiger partial charge >= 0.3 is 6.09 Å². The van der Waals surface area contributed by atoms with E-state index in [1.807, 2.05) is 13.0 Å². The molecule has 0 saturated heterocycles. The number of carbonyl (C=O) groups is 1. The van der Waals surface area contributed by atoms with Crippen LogP contribution >= 0.6 is 0 Å². The molecule has 0 aliphatic heterocycles. The van der Waals surface area contributed by atoms with Gasteiger partial charge in [-0.1, -0.05) is 12.2 Å². The normalized spacial score (nSPS) is 12.3. The summed E-state index contributed by atoms with van der Waals surface area (Å²) >= 11 is 0. The van der Waals surface area contributed by atoms with Crippen LogP contribution in [0.4, 0.5) is 4.79 Å². The van der Waals surface area contributed by atoms with E-state index in [-0.39, 0.29) is 0 Å². The fourth-order valence-corrected chi connectivity index (χ4v) is 0.596. The molecule has 0 unspecified atom stereocenters. The lowest BCUT2D eigenvalue weighted by molar-refractivity contribution is 0.190. The van der Waals surface area contributed by atoms with E-state index in [1.165, 1.54) is 0 Å². The molecule has 0 fully saturated rings. The molecule has 0 saturated carbocycles. The van der Waals surface area contributed by atoms with Gasteiger partial charge in [-0.2, -0.15) is 0 Å². The van der Waals surface area contributed by atoms with Gasteiger partial charge in [-0.3, -0.25) is 0 Å². The third-order valence-electron chi connectivity index (χ3n) is 1.09. The first-order valence-electron chi connectivity index (χ1n) is 3.84. The summed E-state index contributed by atoms with van der Waals surface area (Å²) in [5.41, 5.74) is 4.86. The lowest BCUT2D eigenvalue weighted by atomic mass is 10.4. The Morgan fingerprint density at radius 3 is 2.69 bits per heavy atom. The Morgan fingerprint density at radius 1 is 1.54 bits per heavy atom. The predicted octanol–water partition coefficient (Wildman–Crippen LogP) is 1.27. The van der Waals surface area contributed by atoms with Crippen molar-refractivity contribution in [1.29, 1.82) is 0 Å². The second-order valence-electron chi connectivity index (χ2n) is 2.14. The average Bonchev–Trinajstić information content (AvgIpc) is 2.09. The van der Waals surface area contributed by atoms with Crippen LogP contribution in [0, 0.1) is 0 Å². The number of allylic oxidation sites excluding steroid dienone is 4. The number of amides is 1. The predicted molar refractivity (Wildman–Crippen MR) is 51.8 cm³/mol. The van der Waals surface area contributed by atoms with Crippen molar-refractivity contribution in [3.63, 3.8) is 0 Å². The van der Waals surface area contributed by atoms with Crippen LogP contribution in [0.5, 0.6) is 0 Å². The fourth-order valence-electron chi connectivity index (χ4n) is 0.596. The molecule has 72 valence electrons. The van der Waals surface area contributed by atoms with Gasteiger partial charge < -0.3 is 15.8 Å². The minimum absolute atomic E-state index is 0.389. The number of rotatable bonds is 4. The summed E-state index contributed by atoms with van der Waals surface area (Å²) in [7, 11) is 1.74. The van der Waals surface area contributed by atoms with Gasteiger partial charge in [0.15, 0.2) is 0 Å². The zero-order chi connectivity index (χ0) is 10.1. The van der Waals surface area contributed by atoms with E-state index in [0.717, 1.165) is 0 Å². The van der Waals surface area contributed by atoms with E-state index >= 15 is 0 Å². The highest BCUT2D eigenvalue weighted by Gasteiger charge is 1.95. The number of nitrogens with two attached hydrogens (primary N) is 1. The Balaban J connectivity index is 4.35. The molecule has 0 bridgehead atoms. The molecule has 0 spiro atoms. The minimum Gasteiger partial charge on any atom is -0.410 e. The lowest BCUT2D eigenvalue weighted by Gasteiger charge is -1.99. The van der Waals surface area contributed by atoms with Crippen LogP contribution in [-0.2, 0) is 4.74 Å². The average molecular weight is 182 g/mol. The maximum Gasteiger partial charge on any atom is 0.409 e. The molecule has 4 heteroatoms. The Morgan fingerprint density at radius 2 is 2.23 bits per heavy atom. The topological polar surface area (TPSA) is 64.3 Å². The first-order chi connectivity index (χ1) is 6.20. The smallest absolute Gasteiger partial charge is 0.409 e. The van der Waals surface area contributed by atoms with E-state index in [9.17, 15) is 4.79 Å². The van der Waals surface area contributed by atoms with Crippen molar-refractivity contribution in [3.8, 4) is 0 Å². The van der Waals surface area contributed by atoms with Crippen molar-refractivity contribution in [2.24, 2.45) is 5.73 Å². The van der Waals surface area contributed by atoms with Crippen molar-refractivity contribution >= 4 is 6.09 Å². The maximum absolute atomic E-state index is 10.4. The number of hydrogen-bond acceptors (Lipinski definition) is 3. The number of primary amides is 1. The molecule has 0 rings (SSSR count). The van der Waals surface area contributed by atoms with Crippen LogP contribution < -0.4 is 11.1 Å². The molecule has 0 radical (unpaired) electrons. The summed E-state index contributed by atoms with van der Waals surface area (Å²) in [5.74, 6) is 0.389. The number of hydrogen-bond donors (Lipinski definition) is 2. The molecule has 0 aromatic heterocycles. The molecule has 1 amide bonds. The van der Waals surface area contributed by atoms with Crippen LogP contribution in [0.2, 0.25) is 0 Å². The Kier molecular flexibility index (Phi) is 6.05. The third kappa shape index (κ3) is 6.68. The van der Waals surface area contributed by atoms with Gasteiger partial charge in [0.1, 0.15) is 5.76 Å². The molecule has 0 aromatic carbocycles. The van der Waals surface area contributed by atoms with E-state index in [4.69, 9.17) is 5.73 Å². The van der Waals surface area contributed by atoms with Crippen molar-refractivity contribution < 1.29 is 9.53 Å². The summed E-state index contributed by atoms with van der Waals surface area (Å²) in [4.78, 5) is 10.4. The molecule has 0 aliphatic carbocycles. The standard InChI is InChI=1S/C9H14N2O2/c1-3-4-5-8(6-7-11-2)13-9(10)12/h3-7,11H,1-2H3,(H2,10,12)/b4-3+,7-6-,8-5+. The van der Waals surface area contributed by atoms with Gasteiger partial charge in [0, 0.05) is 7.05 Å². The van der Waals surface area contributed by atoms with Gasteiger partial charge in [-0.15, -0.1) is 0 Å². The Labute approximate surface area is 77.8 Å². The van der Waals surface area contributed by atoms with Gasteiger partial charge in [0.05, 0.1) is 0 Å². The maximum atomic E-state index is 10.4. The van der Waals surface area contributed by atoms with E-state index < -0.39 is 6.09 Å². The lowest BCUT2D eigenvalue weighted by Crippen LogP contribution is -2.12. The molecule has 3 N–H and O–H groups in total. The minimum atomic E-state index is -0.823. The largest absolute Gasteiger partial charge is 0.410 e. The van der Waals surface area contributed by atoms with Gasteiger partial charge in [-0.25, -0.2) is 4.79 Å². The molecular weight excluding hydrogens is 168 g/mol. The fraction of sp³-hybridized carbons (Fsp3) is 0.222. The van der Waals surface area contributed by atoms with Crippen molar-refractivity contribution in [2.75, 3.05) is 7.05 Å². The highest BCUT2D eigenvalue weighted by molar-refractivity contribution is 5.66. The third-order valence-corrected chi connectivity index (χ3v) is 1.09. The summed E-state index contributed by atoms with van der Waals surface area (Å²) in [5, 5.41) is 2.77. The van der Waals surface area contributed by atoms with Crippen molar-refractivity contribution in [1.82, 2.24) is 5.32 Å². The number of nitrogens with one attached hydrogen (secondary N) is 1. The zero-order valence-corrected chi connectivity index (χ0v) is 7.78. The van der Waals surface area contributed by atoms with Crippen molar-refractivity contribution in [2.45, 2.75) is 6.92 Å². The quantitative estimate of drug-likeness (QED) is 0.508. The van der Waals surface area contributed by atoms with Gasteiger partial charge in [0.2, 0.25) is 0 Å². The van der Waals surface area contributed by atoms with E-state index in [1.54, 1.807) is 31.5 Å². The summed E-state index contributed by atoms with van der Waals surface area (Å²) in [6, 6.07) is 0. The zero-order valence-electron chi connectivity index (χ0n) is 7.78. The van der Waals surface area contributed by atoms with Crippen LogP contribution in [0.15, 0.2) is 36.3 Å². The summed E-state index contributed by atoms with van der Waals surface area (Å²) in [6.07, 6.45) is 7.62. The van der Waals surface area contributed by atoms with Crippen LogP contribution in [0.25, 0.3) is 0 Å². The second kappa shape index (κ2) is 6.97.